The van der Waals surface area contributed by atoms with Crippen LogP contribution in [0.3, 0.4) is 0 Å². The van der Waals surface area contributed by atoms with Crippen molar-refractivity contribution in [3.8, 4) is 0 Å². The smallest absolute Gasteiger partial charge is 0.313 e. The van der Waals surface area contributed by atoms with Crippen LogP contribution in [0.5, 0.6) is 0 Å². The topological polar surface area (TPSA) is 43.4 Å². The highest BCUT2D eigenvalue weighted by molar-refractivity contribution is 5.95. The van der Waals surface area contributed by atoms with Gasteiger partial charge in [0.25, 0.3) is 0 Å². The molecule has 0 radical (unpaired) electrons. The first-order valence-electron chi connectivity index (χ1n) is 5.04. The van der Waals surface area contributed by atoms with Gasteiger partial charge in [-0.3, -0.25) is 9.59 Å². The Bertz CT molecular complexity index is 235. The number of hydrogen-bond acceptors (Lipinski definition) is 3. The fourth-order valence-corrected chi connectivity index (χ4v) is 1.61. The molecule has 0 heterocycles. The van der Waals surface area contributed by atoms with Gasteiger partial charge in [-0.05, 0) is 25.7 Å². The van der Waals surface area contributed by atoms with E-state index in [1.807, 2.05) is 0 Å². The van der Waals surface area contributed by atoms with E-state index in [9.17, 15) is 9.59 Å². The number of esters is 1. The number of carbonyl (C=O) groups is 2. The lowest BCUT2D eigenvalue weighted by molar-refractivity contribution is -0.145. The average Bonchev–Trinajstić information content (AvgIpc) is 2.56. The van der Waals surface area contributed by atoms with Gasteiger partial charge in [0.15, 0.2) is 0 Å². The standard InChI is InChI=1S/C11H16O3/c1-2-14-11(13)8-10(12)7-9-5-3-4-6-9/h3-4,9H,2,5-8H2,1H3. The molecular formula is C11H16O3. The molecule has 0 fully saturated rings. The molecule has 78 valence electrons. The van der Waals surface area contributed by atoms with Crippen molar-refractivity contribution in [2.24, 2.45) is 5.92 Å². The minimum absolute atomic E-state index is 0.00264. The monoisotopic (exact) mass is 196 g/mol. The Kier molecular flexibility index (Phi) is 4.36. The largest absolute Gasteiger partial charge is 0.466 e. The minimum Gasteiger partial charge on any atom is -0.466 e. The van der Waals surface area contributed by atoms with Crippen LogP contribution in [0.2, 0.25) is 0 Å². The average molecular weight is 196 g/mol. The van der Waals surface area contributed by atoms with Gasteiger partial charge in [0, 0.05) is 6.42 Å². The molecule has 3 nitrogen and oxygen atoms in total. The summed E-state index contributed by atoms with van der Waals surface area (Å²) >= 11 is 0. The maximum absolute atomic E-state index is 11.4. The predicted octanol–water partition coefficient (Wildman–Crippen LogP) is 1.86. The highest BCUT2D eigenvalue weighted by Gasteiger charge is 2.17. The number of carbonyl (C=O) groups excluding carboxylic acids is 2. The summed E-state index contributed by atoms with van der Waals surface area (Å²) in [5, 5.41) is 0. The maximum atomic E-state index is 11.4. The first-order chi connectivity index (χ1) is 6.72. The third-order valence-electron chi connectivity index (χ3n) is 2.27. The first kappa shape index (κ1) is 11.0. The van der Waals surface area contributed by atoms with Crippen LogP contribution in [-0.2, 0) is 14.3 Å². The van der Waals surface area contributed by atoms with E-state index in [1.54, 1.807) is 6.92 Å². The van der Waals surface area contributed by atoms with Gasteiger partial charge in [0.2, 0.25) is 0 Å². The van der Waals surface area contributed by atoms with E-state index in [-0.39, 0.29) is 12.2 Å². The third kappa shape index (κ3) is 3.73. The summed E-state index contributed by atoms with van der Waals surface area (Å²) in [5.74, 6) is 0.0116. The molecule has 1 rings (SSSR count). The number of allylic oxidation sites excluding steroid dienone is 2. The lowest BCUT2D eigenvalue weighted by Crippen LogP contribution is -2.13. The second-order valence-electron chi connectivity index (χ2n) is 3.53. The van der Waals surface area contributed by atoms with Crippen molar-refractivity contribution in [1.82, 2.24) is 0 Å². The number of hydrogen-bond donors (Lipinski definition) is 0. The lowest BCUT2D eigenvalue weighted by atomic mass is 9.99. The zero-order chi connectivity index (χ0) is 10.4. The molecular weight excluding hydrogens is 180 g/mol. The molecule has 0 aliphatic heterocycles. The Morgan fingerprint density at radius 1 is 1.36 bits per heavy atom. The Hall–Kier alpha value is -1.12. The highest BCUT2D eigenvalue weighted by Crippen LogP contribution is 2.21. The number of rotatable bonds is 5. The highest BCUT2D eigenvalue weighted by atomic mass is 16.5. The van der Waals surface area contributed by atoms with Crippen LogP contribution in [0.25, 0.3) is 0 Å². The zero-order valence-corrected chi connectivity index (χ0v) is 8.49. The quantitative estimate of drug-likeness (QED) is 0.383. The normalized spacial score (nSPS) is 15.8. The van der Waals surface area contributed by atoms with Crippen molar-refractivity contribution >= 4 is 11.8 Å². The zero-order valence-electron chi connectivity index (χ0n) is 8.49. The molecule has 1 aliphatic rings. The molecule has 0 saturated carbocycles. The molecule has 0 N–H and O–H groups in total. The van der Waals surface area contributed by atoms with Crippen LogP contribution >= 0.6 is 0 Å². The summed E-state index contributed by atoms with van der Waals surface area (Å²) < 4.78 is 4.70. The molecule has 0 unspecified atom stereocenters. The molecule has 0 bridgehead atoms. The van der Waals surface area contributed by atoms with E-state index in [4.69, 9.17) is 4.74 Å². The summed E-state index contributed by atoms with van der Waals surface area (Å²) in [6, 6.07) is 0. The predicted molar refractivity (Wildman–Crippen MR) is 52.7 cm³/mol. The van der Waals surface area contributed by atoms with Gasteiger partial charge < -0.3 is 4.74 Å². The summed E-state index contributed by atoms with van der Waals surface area (Å²) in [4.78, 5) is 22.3. The van der Waals surface area contributed by atoms with Gasteiger partial charge in [0.1, 0.15) is 12.2 Å². The molecule has 0 aromatic heterocycles. The summed E-state index contributed by atoms with van der Waals surface area (Å²) in [7, 11) is 0. The van der Waals surface area contributed by atoms with Gasteiger partial charge in [-0.25, -0.2) is 0 Å². The summed E-state index contributed by atoms with van der Waals surface area (Å²) in [6.45, 7) is 2.08. The van der Waals surface area contributed by atoms with Crippen molar-refractivity contribution in [1.29, 1.82) is 0 Å². The van der Waals surface area contributed by atoms with E-state index in [0.717, 1.165) is 12.8 Å². The number of ketones is 1. The van der Waals surface area contributed by atoms with Gasteiger partial charge >= 0.3 is 5.97 Å². The molecule has 0 atom stereocenters. The molecule has 0 aromatic carbocycles. The molecule has 0 saturated heterocycles. The maximum Gasteiger partial charge on any atom is 0.313 e. The van der Waals surface area contributed by atoms with Gasteiger partial charge in [-0.1, -0.05) is 12.2 Å². The molecule has 3 heteroatoms. The SMILES string of the molecule is CCOC(=O)CC(=O)CC1CC=CC1. The lowest BCUT2D eigenvalue weighted by Gasteiger charge is -2.07. The van der Waals surface area contributed by atoms with E-state index in [2.05, 4.69) is 12.2 Å². The minimum atomic E-state index is -0.400. The van der Waals surface area contributed by atoms with Crippen LogP contribution in [0, 0.1) is 5.92 Å². The second kappa shape index (κ2) is 5.58. The third-order valence-corrected chi connectivity index (χ3v) is 2.27. The Balaban J connectivity index is 2.18. The van der Waals surface area contributed by atoms with Crippen molar-refractivity contribution in [2.75, 3.05) is 6.61 Å². The van der Waals surface area contributed by atoms with Crippen LogP contribution in [0.15, 0.2) is 12.2 Å². The molecule has 0 amide bonds. The first-order valence-corrected chi connectivity index (χ1v) is 5.04. The molecule has 1 aliphatic carbocycles. The van der Waals surface area contributed by atoms with E-state index < -0.39 is 5.97 Å². The van der Waals surface area contributed by atoms with Crippen LogP contribution in [-0.4, -0.2) is 18.4 Å². The van der Waals surface area contributed by atoms with Crippen molar-refractivity contribution in [3.05, 3.63) is 12.2 Å². The van der Waals surface area contributed by atoms with E-state index >= 15 is 0 Å². The fourth-order valence-electron chi connectivity index (χ4n) is 1.61. The Morgan fingerprint density at radius 3 is 2.57 bits per heavy atom. The Morgan fingerprint density at radius 2 is 2.00 bits per heavy atom. The summed E-state index contributed by atoms with van der Waals surface area (Å²) in [5.41, 5.74) is 0. The van der Waals surface area contributed by atoms with E-state index in [0.29, 0.717) is 18.9 Å². The van der Waals surface area contributed by atoms with Crippen molar-refractivity contribution in [2.45, 2.75) is 32.6 Å². The van der Waals surface area contributed by atoms with Crippen LogP contribution in [0.4, 0.5) is 0 Å². The fraction of sp³-hybridized carbons (Fsp3) is 0.636. The van der Waals surface area contributed by atoms with Crippen molar-refractivity contribution < 1.29 is 14.3 Å². The van der Waals surface area contributed by atoms with Crippen molar-refractivity contribution in [3.63, 3.8) is 0 Å². The van der Waals surface area contributed by atoms with Gasteiger partial charge in [0.05, 0.1) is 6.61 Å². The number of ether oxygens (including phenoxy) is 1. The summed E-state index contributed by atoms with van der Waals surface area (Å²) in [6.07, 6.45) is 6.55. The molecule has 0 aromatic rings. The number of Topliss-reactive ketones (excluding diaryl/α,β-unsaturated/α-hetero) is 1. The second-order valence-corrected chi connectivity index (χ2v) is 3.53. The Labute approximate surface area is 84.1 Å². The van der Waals surface area contributed by atoms with Gasteiger partial charge in [-0.2, -0.15) is 0 Å². The van der Waals surface area contributed by atoms with Crippen LogP contribution < -0.4 is 0 Å². The van der Waals surface area contributed by atoms with E-state index in [1.165, 1.54) is 0 Å². The van der Waals surface area contributed by atoms with Gasteiger partial charge in [-0.15, -0.1) is 0 Å². The molecule has 14 heavy (non-hydrogen) atoms. The molecule has 0 spiro atoms. The van der Waals surface area contributed by atoms with Crippen LogP contribution in [0.1, 0.15) is 32.6 Å².